The number of aromatic amines is 1. The van der Waals surface area contributed by atoms with Gasteiger partial charge in [-0.05, 0) is 65.4 Å². The zero-order valence-corrected chi connectivity index (χ0v) is 26.8. The van der Waals surface area contributed by atoms with Gasteiger partial charge in [0.1, 0.15) is 5.82 Å². The molecular formula is C39H38FN5O3. The maximum Gasteiger partial charge on any atom is 0.272 e. The van der Waals surface area contributed by atoms with Crippen molar-refractivity contribution in [1.29, 1.82) is 0 Å². The second kappa shape index (κ2) is 13.9. The molecule has 5 aromatic rings. The topological polar surface area (TPSA) is 98.4 Å². The van der Waals surface area contributed by atoms with E-state index in [2.05, 4.69) is 44.7 Å². The number of nitrogens with zero attached hydrogens (tertiary/aromatic N) is 3. The van der Waals surface area contributed by atoms with E-state index in [-0.39, 0.29) is 28.9 Å². The lowest BCUT2D eigenvalue weighted by molar-refractivity contribution is -0.121. The Bertz CT molecular complexity index is 1990. The van der Waals surface area contributed by atoms with Gasteiger partial charge in [0, 0.05) is 56.9 Å². The summed E-state index contributed by atoms with van der Waals surface area (Å²) in [5, 5.41) is 11.2. The maximum absolute atomic E-state index is 14.9. The van der Waals surface area contributed by atoms with Crippen molar-refractivity contribution in [2.24, 2.45) is 0 Å². The standard InChI is InChI=1S/C39H38FN5O3/c40-35-16-15-26(24-36-31-13-5-6-14-32(31)38(47)43-42-36)23-34(35)39(48)45-21-19-44(20-22-45)18-8-7-17-41-37(46)25-33-29-11-3-1-9-27(29)28-10-2-4-12-30(28)33/h1-6,9-16,23,33H,7-8,17-22,24-25H2,(H,41,46)(H,43,47). The number of aromatic nitrogens is 2. The fourth-order valence-electron chi connectivity index (χ4n) is 7.12. The van der Waals surface area contributed by atoms with Crippen molar-refractivity contribution in [2.45, 2.75) is 31.6 Å². The Morgan fingerprint density at radius 1 is 0.833 bits per heavy atom. The number of hydrogen-bond donors (Lipinski definition) is 2. The van der Waals surface area contributed by atoms with Gasteiger partial charge in [0.15, 0.2) is 0 Å². The molecule has 48 heavy (non-hydrogen) atoms. The molecule has 2 amide bonds. The van der Waals surface area contributed by atoms with Crippen LogP contribution < -0.4 is 10.9 Å². The van der Waals surface area contributed by atoms with Crippen LogP contribution >= 0.6 is 0 Å². The quantitative estimate of drug-likeness (QED) is 0.196. The van der Waals surface area contributed by atoms with Crippen molar-refractivity contribution in [3.8, 4) is 11.1 Å². The van der Waals surface area contributed by atoms with E-state index >= 15 is 0 Å². The minimum Gasteiger partial charge on any atom is -0.356 e. The molecule has 0 spiro atoms. The van der Waals surface area contributed by atoms with Crippen molar-refractivity contribution in [3.63, 3.8) is 0 Å². The van der Waals surface area contributed by atoms with Crippen LogP contribution in [0.1, 0.15) is 57.9 Å². The highest BCUT2D eigenvalue weighted by Crippen LogP contribution is 2.46. The lowest BCUT2D eigenvalue weighted by Crippen LogP contribution is -2.49. The largest absolute Gasteiger partial charge is 0.356 e. The van der Waals surface area contributed by atoms with Crippen LogP contribution in [0.25, 0.3) is 21.9 Å². The number of unbranched alkanes of at least 4 members (excludes halogenated alkanes) is 1. The van der Waals surface area contributed by atoms with Crippen LogP contribution in [0.3, 0.4) is 0 Å². The third-order valence-electron chi connectivity index (χ3n) is 9.64. The zero-order valence-electron chi connectivity index (χ0n) is 26.8. The van der Waals surface area contributed by atoms with E-state index < -0.39 is 5.82 Å². The first kappa shape index (κ1) is 31.4. The molecule has 1 fully saturated rings. The molecule has 1 saturated heterocycles. The molecular weight excluding hydrogens is 605 g/mol. The summed E-state index contributed by atoms with van der Waals surface area (Å²) in [4.78, 5) is 42.5. The second-order valence-electron chi connectivity index (χ2n) is 12.7. The maximum atomic E-state index is 14.9. The summed E-state index contributed by atoms with van der Waals surface area (Å²) in [6.45, 7) is 3.99. The van der Waals surface area contributed by atoms with Crippen LogP contribution in [0, 0.1) is 5.82 Å². The minimum atomic E-state index is -0.547. The Morgan fingerprint density at radius 3 is 2.23 bits per heavy atom. The highest BCUT2D eigenvalue weighted by molar-refractivity contribution is 5.95. The number of fused-ring (bicyclic) bond motifs is 4. The van der Waals surface area contributed by atoms with Crippen molar-refractivity contribution >= 4 is 22.6 Å². The van der Waals surface area contributed by atoms with Gasteiger partial charge in [-0.25, -0.2) is 9.49 Å². The molecule has 0 atom stereocenters. The molecule has 8 nitrogen and oxygen atoms in total. The number of rotatable bonds is 10. The molecule has 0 unspecified atom stereocenters. The molecule has 2 N–H and O–H groups in total. The van der Waals surface area contributed by atoms with E-state index in [0.717, 1.165) is 30.3 Å². The normalized spacial score (nSPS) is 14.6. The summed E-state index contributed by atoms with van der Waals surface area (Å²) in [6, 6.07) is 28.5. The van der Waals surface area contributed by atoms with Crippen LogP contribution in [0.2, 0.25) is 0 Å². The van der Waals surface area contributed by atoms with E-state index in [1.165, 1.54) is 28.3 Å². The van der Waals surface area contributed by atoms with Crippen molar-refractivity contribution in [3.05, 3.63) is 135 Å². The summed E-state index contributed by atoms with van der Waals surface area (Å²) >= 11 is 0. The van der Waals surface area contributed by atoms with E-state index in [1.807, 2.05) is 36.4 Å². The van der Waals surface area contributed by atoms with Crippen LogP contribution in [0.4, 0.5) is 4.39 Å². The molecule has 4 aromatic carbocycles. The third-order valence-corrected chi connectivity index (χ3v) is 9.64. The Morgan fingerprint density at radius 2 is 1.50 bits per heavy atom. The lowest BCUT2D eigenvalue weighted by atomic mass is 9.93. The van der Waals surface area contributed by atoms with E-state index in [1.54, 1.807) is 29.2 Å². The van der Waals surface area contributed by atoms with E-state index in [4.69, 9.17) is 0 Å². The number of halogens is 1. The molecule has 7 rings (SSSR count). The Kier molecular flexibility index (Phi) is 9.12. The first-order valence-corrected chi connectivity index (χ1v) is 16.7. The van der Waals surface area contributed by atoms with Crippen LogP contribution in [0.5, 0.6) is 0 Å². The number of nitrogens with one attached hydrogen (secondary N) is 2. The Labute approximate surface area is 278 Å². The molecule has 0 radical (unpaired) electrons. The average molecular weight is 644 g/mol. The number of amides is 2. The molecule has 244 valence electrons. The fourth-order valence-corrected chi connectivity index (χ4v) is 7.12. The van der Waals surface area contributed by atoms with Crippen molar-refractivity contribution in [1.82, 2.24) is 25.3 Å². The Hall–Kier alpha value is -5.15. The average Bonchev–Trinajstić information content (AvgIpc) is 3.43. The molecule has 1 aliphatic heterocycles. The summed E-state index contributed by atoms with van der Waals surface area (Å²) in [7, 11) is 0. The highest BCUT2D eigenvalue weighted by atomic mass is 19.1. The van der Waals surface area contributed by atoms with Gasteiger partial charge in [-0.2, -0.15) is 5.10 Å². The third kappa shape index (κ3) is 6.51. The fraction of sp³-hybridized carbons (Fsp3) is 0.282. The molecule has 0 bridgehead atoms. The minimum absolute atomic E-state index is 0.0509. The van der Waals surface area contributed by atoms with Crippen molar-refractivity contribution < 1.29 is 14.0 Å². The van der Waals surface area contributed by atoms with E-state index in [0.29, 0.717) is 56.6 Å². The van der Waals surface area contributed by atoms with Crippen LogP contribution in [0.15, 0.2) is 95.8 Å². The molecule has 9 heteroatoms. The van der Waals surface area contributed by atoms with Gasteiger partial charge in [-0.15, -0.1) is 0 Å². The molecule has 2 aliphatic rings. The monoisotopic (exact) mass is 643 g/mol. The van der Waals surface area contributed by atoms with Gasteiger partial charge in [0.25, 0.3) is 11.5 Å². The summed E-state index contributed by atoms with van der Waals surface area (Å²) in [6.07, 6.45) is 2.61. The van der Waals surface area contributed by atoms with Gasteiger partial charge in [-0.3, -0.25) is 19.3 Å². The van der Waals surface area contributed by atoms with Crippen molar-refractivity contribution in [2.75, 3.05) is 39.3 Å². The number of piperazine rings is 1. The van der Waals surface area contributed by atoms with Crippen LogP contribution in [-0.4, -0.2) is 71.1 Å². The predicted octanol–water partition coefficient (Wildman–Crippen LogP) is 5.51. The lowest BCUT2D eigenvalue weighted by Gasteiger charge is -2.35. The number of benzene rings is 4. The van der Waals surface area contributed by atoms with E-state index in [9.17, 15) is 18.8 Å². The second-order valence-corrected chi connectivity index (χ2v) is 12.7. The SMILES string of the molecule is O=C(CC1c2ccccc2-c2ccccc21)NCCCCN1CCN(C(=O)c2cc(Cc3n[nH]c(=O)c4ccccc34)ccc2F)CC1. The zero-order chi connectivity index (χ0) is 33.0. The Balaban J connectivity index is 0.863. The smallest absolute Gasteiger partial charge is 0.272 e. The van der Waals surface area contributed by atoms with Gasteiger partial charge >= 0.3 is 0 Å². The summed E-state index contributed by atoms with van der Waals surface area (Å²) in [5.74, 6) is -0.712. The number of carbonyl (C=O) groups is 2. The molecule has 1 aliphatic carbocycles. The highest BCUT2D eigenvalue weighted by Gasteiger charge is 2.29. The van der Waals surface area contributed by atoms with Gasteiger partial charge in [-0.1, -0.05) is 72.8 Å². The summed E-state index contributed by atoms with van der Waals surface area (Å²) < 4.78 is 14.9. The molecule has 2 heterocycles. The molecule has 1 aromatic heterocycles. The van der Waals surface area contributed by atoms with Gasteiger partial charge in [0.05, 0.1) is 16.6 Å². The number of hydrogen-bond acceptors (Lipinski definition) is 5. The predicted molar refractivity (Wildman–Crippen MR) is 184 cm³/mol. The first-order valence-electron chi connectivity index (χ1n) is 16.7. The summed E-state index contributed by atoms with van der Waals surface area (Å²) in [5.41, 5.74) is 6.08. The molecule has 0 saturated carbocycles. The number of H-pyrrole nitrogens is 1. The van der Waals surface area contributed by atoms with Gasteiger partial charge < -0.3 is 10.2 Å². The van der Waals surface area contributed by atoms with Gasteiger partial charge in [0.2, 0.25) is 5.91 Å². The first-order chi connectivity index (χ1) is 23.5. The number of carbonyl (C=O) groups excluding carboxylic acids is 2. The van der Waals surface area contributed by atoms with Crippen LogP contribution in [-0.2, 0) is 11.2 Å².